The van der Waals surface area contributed by atoms with Crippen molar-refractivity contribution in [1.82, 2.24) is 15.2 Å². The lowest BCUT2D eigenvalue weighted by molar-refractivity contribution is -0.144. The number of aromatic amines is 1. The summed E-state index contributed by atoms with van der Waals surface area (Å²) in [6.45, 7) is 3.81. The number of aromatic nitrogens is 3. The van der Waals surface area contributed by atoms with Crippen LogP contribution in [0.5, 0.6) is 5.75 Å². The highest BCUT2D eigenvalue weighted by molar-refractivity contribution is 5.91. The van der Waals surface area contributed by atoms with Gasteiger partial charge in [0.25, 0.3) is 0 Å². The number of phenols is 1. The first kappa shape index (κ1) is 17.9. The van der Waals surface area contributed by atoms with Crippen LogP contribution in [0.3, 0.4) is 0 Å². The number of fused-ring (bicyclic) bond motifs is 1. The fourth-order valence-corrected chi connectivity index (χ4v) is 3.64. The molecule has 3 aromatic rings. The Kier molecular flexibility index (Phi) is 4.23. The van der Waals surface area contributed by atoms with Crippen molar-refractivity contribution in [3.05, 3.63) is 40.8 Å². The first-order valence-corrected chi connectivity index (χ1v) is 8.90. The van der Waals surface area contributed by atoms with E-state index in [0.717, 1.165) is 6.07 Å². The summed E-state index contributed by atoms with van der Waals surface area (Å²) < 4.78 is 19.6. The van der Waals surface area contributed by atoms with Gasteiger partial charge in [-0.2, -0.15) is 10.4 Å². The second-order valence-electron chi connectivity index (χ2n) is 6.76. The predicted molar refractivity (Wildman–Crippen MR) is 97.9 cm³/mol. The number of phenolic OH excluding ortho intramolecular Hbond substituents is 1. The zero-order valence-electron chi connectivity index (χ0n) is 15.3. The molecule has 0 radical (unpaired) electrons. The molecule has 142 valence electrons. The number of aromatic hydroxyl groups is 1. The number of rotatable bonds is 4. The predicted octanol–water partition coefficient (Wildman–Crippen LogP) is 3.32. The standard InChI is InChI=1S/C20H17FN4O3/c1-3-28-20(27)13-7-12(13)17-14(8-22)18(11-5-4-10(26)6-15(11)21)23-19-16(17)9(2)24-25-19/h4-6,12-13,26H,3,7H2,1-2H3,(H,23,24,25)/t12-,13-/m1/s1. The molecule has 2 heterocycles. The van der Waals surface area contributed by atoms with Crippen LogP contribution in [-0.2, 0) is 9.53 Å². The molecule has 2 atom stereocenters. The second kappa shape index (κ2) is 6.60. The van der Waals surface area contributed by atoms with E-state index in [1.807, 2.05) is 0 Å². The molecule has 0 bridgehead atoms. The fraction of sp³-hybridized carbons (Fsp3) is 0.300. The number of benzene rings is 1. The van der Waals surface area contributed by atoms with Gasteiger partial charge in [0.15, 0.2) is 5.65 Å². The Morgan fingerprint density at radius 2 is 2.29 bits per heavy atom. The Hall–Kier alpha value is -3.47. The number of carbonyl (C=O) groups is 1. The minimum atomic E-state index is -0.691. The minimum absolute atomic E-state index is 0.0955. The molecule has 1 fully saturated rings. The summed E-state index contributed by atoms with van der Waals surface area (Å²) in [6.07, 6.45) is 0.550. The Labute approximate surface area is 159 Å². The molecule has 4 rings (SSSR count). The van der Waals surface area contributed by atoms with Crippen molar-refractivity contribution in [2.75, 3.05) is 6.61 Å². The molecule has 1 aromatic carbocycles. The molecule has 2 N–H and O–H groups in total. The number of carbonyl (C=O) groups excluding carboxylic acids is 1. The maximum atomic E-state index is 14.5. The molecule has 0 spiro atoms. The summed E-state index contributed by atoms with van der Waals surface area (Å²) in [6, 6.07) is 5.82. The summed E-state index contributed by atoms with van der Waals surface area (Å²) in [7, 11) is 0. The molecule has 0 saturated heterocycles. The van der Waals surface area contributed by atoms with Crippen molar-refractivity contribution in [1.29, 1.82) is 5.26 Å². The van der Waals surface area contributed by atoms with Crippen LogP contribution in [0.2, 0.25) is 0 Å². The van der Waals surface area contributed by atoms with Crippen molar-refractivity contribution in [3.8, 4) is 23.1 Å². The number of hydrogen-bond donors (Lipinski definition) is 2. The molecule has 8 heteroatoms. The zero-order valence-corrected chi connectivity index (χ0v) is 15.3. The molecule has 28 heavy (non-hydrogen) atoms. The van der Waals surface area contributed by atoms with E-state index >= 15 is 0 Å². The summed E-state index contributed by atoms with van der Waals surface area (Å²) in [5.41, 5.74) is 2.17. The van der Waals surface area contributed by atoms with Crippen molar-refractivity contribution < 1.29 is 19.0 Å². The van der Waals surface area contributed by atoms with Gasteiger partial charge in [0.05, 0.1) is 29.5 Å². The zero-order chi connectivity index (χ0) is 20.0. The van der Waals surface area contributed by atoms with Gasteiger partial charge in [0.2, 0.25) is 0 Å². The monoisotopic (exact) mass is 380 g/mol. The molecular weight excluding hydrogens is 363 g/mol. The highest BCUT2D eigenvalue weighted by Gasteiger charge is 2.48. The van der Waals surface area contributed by atoms with Gasteiger partial charge < -0.3 is 9.84 Å². The normalized spacial score (nSPS) is 18.1. The van der Waals surface area contributed by atoms with E-state index in [-0.39, 0.29) is 47.0 Å². The van der Waals surface area contributed by atoms with Crippen molar-refractivity contribution in [3.63, 3.8) is 0 Å². The van der Waals surface area contributed by atoms with Crippen LogP contribution >= 0.6 is 0 Å². The van der Waals surface area contributed by atoms with Crippen molar-refractivity contribution in [2.45, 2.75) is 26.2 Å². The Morgan fingerprint density at radius 3 is 2.96 bits per heavy atom. The maximum absolute atomic E-state index is 14.5. The number of aryl methyl sites for hydroxylation is 1. The Bertz CT molecular complexity index is 1150. The average molecular weight is 380 g/mol. The number of H-pyrrole nitrogens is 1. The van der Waals surface area contributed by atoms with E-state index in [1.165, 1.54) is 12.1 Å². The summed E-state index contributed by atoms with van der Waals surface area (Å²) in [5, 5.41) is 27.0. The van der Waals surface area contributed by atoms with Crippen LogP contribution < -0.4 is 0 Å². The van der Waals surface area contributed by atoms with Gasteiger partial charge in [0.1, 0.15) is 17.6 Å². The van der Waals surface area contributed by atoms with Gasteiger partial charge in [-0.25, -0.2) is 9.37 Å². The lowest BCUT2D eigenvalue weighted by Crippen LogP contribution is -2.08. The third kappa shape index (κ3) is 2.76. The number of ether oxygens (including phenoxy) is 1. The number of nitrogens with zero attached hydrogens (tertiary/aromatic N) is 3. The van der Waals surface area contributed by atoms with Crippen LogP contribution in [0, 0.1) is 30.0 Å². The van der Waals surface area contributed by atoms with Crippen LogP contribution in [0.4, 0.5) is 4.39 Å². The van der Waals surface area contributed by atoms with Crippen LogP contribution in [0.15, 0.2) is 18.2 Å². The Balaban J connectivity index is 1.94. The molecule has 0 unspecified atom stereocenters. The van der Waals surface area contributed by atoms with E-state index in [4.69, 9.17) is 4.74 Å². The first-order chi connectivity index (χ1) is 13.5. The van der Waals surface area contributed by atoms with Crippen LogP contribution in [0.25, 0.3) is 22.3 Å². The van der Waals surface area contributed by atoms with E-state index < -0.39 is 5.82 Å². The molecule has 0 aliphatic heterocycles. The number of nitrogens with one attached hydrogen (secondary N) is 1. The smallest absolute Gasteiger partial charge is 0.309 e. The van der Waals surface area contributed by atoms with Gasteiger partial charge in [-0.1, -0.05) is 0 Å². The molecular formula is C20H17FN4O3. The fourth-order valence-electron chi connectivity index (χ4n) is 3.64. The van der Waals surface area contributed by atoms with Gasteiger partial charge in [-0.15, -0.1) is 0 Å². The van der Waals surface area contributed by atoms with Gasteiger partial charge in [-0.05, 0) is 38.0 Å². The number of hydrogen-bond acceptors (Lipinski definition) is 6. The van der Waals surface area contributed by atoms with Crippen LogP contribution in [-0.4, -0.2) is 32.9 Å². The van der Waals surface area contributed by atoms with Gasteiger partial charge in [-0.3, -0.25) is 9.89 Å². The average Bonchev–Trinajstić information content (AvgIpc) is 3.37. The minimum Gasteiger partial charge on any atom is -0.508 e. The molecule has 2 aromatic heterocycles. The van der Waals surface area contributed by atoms with Crippen molar-refractivity contribution in [2.24, 2.45) is 5.92 Å². The number of nitriles is 1. The van der Waals surface area contributed by atoms with Gasteiger partial charge >= 0.3 is 5.97 Å². The van der Waals surface area contributed by atoms with Crippen molar-refractivity contribution >= 4 is 17.0 Å². The molecule has 1 aliphatic carbocycles. The summed E-state index contributed by atoms with van der Waals surface area (Å²) >= 11 is 0. The highest BCUT2D eigenvalue weighted by atomic mass is 19.1. The maximum Gasteiger partial charge on any atom is 0.309 e. The molecule has 0 amide bonds. The Morgan fingerprint density at radius 1 is 1.50 bits per heavy atom. The third-order valence-electron chi connectivity index (χ3n) is 5.00. The third-order valence-corrected chi connectivity index (χ3v) is 5.00. The van der Waals surface area contributed by atoms with E-state index in [2.05, 4.69) is 21.3 Å². The molecule has 1 saturated carbocycles. The topological polar surface area (TPSA) is 112 Å². The first-order valence-electron chi connectivity index (χ1n) is 8.90. The number of esters is 1. The molecule has 7 nitrogen and oxygen atoms in total. The SMILES string of the molecule is CCOC(=O)[C@@H]1C[C@H]1c1c(C#N)c(-c2ccc(O)cc2F)nc2[nH]nc(C)c12. The van der Waals surface area contributed by atoms with Gasteiger partial charge in [0, 0.05) is 22.9 Å². The quantitative estimate of drug-likeness (QED) is 0.672. The largest absolute Gasteiger partial charge is 0.508 e. The van der Waals surface area contributed by atoms with Crippen LogP contribution in [0.1, 0.15) is 36.1 Å². The van der Waals surface area contributed by atoms with E-state index in [0.29, 0.717) is 28.7 Å². The lowest BCUT2D eigenvalue weighted by atomic mass is 9.94. The summed E-state index contributed by atoms with van der Waals surface area (Å²) in [4.78, 5) is 16.6. The van der Waals surface area contributed by atoms with E-state index in [9.17, 15) is 19.6 Å². The second-order valence-corrected chi connectivity index (χ2v) is 6.76. The summed E-state index contributed by atoms with van der Waals surface area (Å²) in [5.74, 6) is -1.77. The highest BCUT2D eigenvalue weighted by Crippen LogP contribution is 2.52. The molecule has 1 aliphatic rings. The number of halogens is 1. The van der Waals surface area contributed by atoms with E-state index in [1.54, 1.807) is 13.8 Å². The lowest BCUT2D eigenvalue weighted by Gasteiger charge is -2.12. The number of pyridine rings is 1.